The molecule has 0 N–H and O–H groups in total. The van der Waals surface area contributed by atoms with Gasteiger partial charge in [-0.15, -0.1) is 0 Å². The summed E-state index contributed by atoms with van der Waals surface area (Å²) in [5.74, 6) is 0. The summed E-state index contributed by atoms with van der Waals surface area (Å²) in [5.41, 5.74) is 1.16. The van der Waals surface area contributed by atoms with E-state index in [0.717, 1.165) is 16.1 Å². The molecule has 0 bridgehead atoms. The highest BCUT2D eigenvalue weighted by Gasteiger charge is 2.40. The van der Waals surface area contributed by atoms with Crippen molar-refractivity contribution in [2.24, 2.45) is 0 Å². The summed E-state index contributed by atoms with van der Waals surface area (Å²) < 4.78 is 11.7. The van der Waals surface area contributed by atoms with Crippen LogP contribution in [0.1, 0.15) is 0 Å². The first-order valence-electron chi connectivity index (χ1n) is 6.57. The molecule has 0 heterocycles. The van der Waals surface area contributed by atoms with Crippen LogP contribution in [0, 0.1) is 0 Å². The smallest absolute Gasteiger partial charge is 0.391 e. The van der Waals surface area contributed by atoms with Crippen LogP contribution in [-0.4, -0.2) is 36.9 Å². The fraction of sp³-hybridized carbons (Fsp3) is 0.250. The lowest BCUT2D eigenvalue weighted by Gasteiger charge is -2.28. The topological polar surface area (TPSA) is 21.7 Å². The maximum atomic E-state index is 5.86. The lowest BCUT2D eigenvalue weighted by Crippen LogP contribution is -2.62. The first-order valence-corrected chi connectivity index (χ1v) is 8.39. The maximum Gasteiger partial charge on any atom is 0.406 e. The van der Waals surface area contributed by atoms with E-state index in [1.54, 1.807) is 14.2 Å². The zero-order valence-electron chi connectivity index (χ0n) is 12.5. The molecule has 0 radical (unpaired) electrons. The second-order valence-electron chi connectivity index (χ2n) is 4.83. The van der Waals surface area contributed by atoms with E-state index < -0.39 is 8.56 Å². The fourth-order valence-electron chi connectivity index (χ4n) is 2.36. The van der Waals surface area contributed by atoms with Gasteiger partial charge in [-0.3, -0.25) is 0 Å². The van der Waals surface area contributed by atoms with Gasteiger partial charge in [-0.1, -0.05) is 42.5 Å². The van der Waals surface area contributed by atoms with E-state index in [1.165, 1.54) is 0 Å². The molecule has 0 spiro atoms. The average molecular weight is 287 g/mol. The molecule has 0 aliphatic heterocycles. The highest BCUT2D eigenvalue weighted by molar-refractivity contribution is 6.92. The molecule has 0 atom stereocenters. The largest absolute Gasteiger partial charge is 0.406 e. The monoisotopic (exact) mass is 287 g/mol. The van der Waals surface area contributed by atoms with Gasteiger partial charge in [-0.2, -0.15) is 0 Å². The highest BCUT2D eigenvalue weighted by atomic mass is 28.4. The molecule has 2 aromatic carbocycles. The third-order valence-corrected chi connectivity index (χ3v) is 6.83. The lowest BCUT2D eigenvalue weighted by molar-refractivity contribution is 0.272. The van der Waals surface area contributed by atoms with Gasteiger partial charge in [0, 0.05) is 34.0 Å². The predicted octanol–water partition coefficient (Wildman–Crippen LogP) is 1.60. The number of rotatable bonds is 5. The third-order valence-electron chi connectivity index (χ3n) is 3.49. The van der Waals surface area contributed by atoms with Gasteiger partial charge in [-0.05, 0) is 22.5 Å². The van der Waals surface area contributed by atoms with Gasteiger partial charge in [0.15, 0.2) is 0 Å². The summed E-state index contributed by atoms with van der Waals surface area (Å²) >= 11 is 0. The standard InChI is InChI=1S/C16H21NO2Si/c1-17(2)14-10-12-16(13-11-14)20(18-3,19-4)15-8-6-5-7-9-15/h5-13H,1-4H3. The van der Waals surface area contributed by atoms with Crippen molar-refractivity contribution in [3.8, 4) is 0 Å². The van der Waals surface area contributed by atoms with Gasteiger partial charge in [0.05, 0.1) is 0 Å². The van der Waals surface area contributed by atoms with Crippen LogP contribution >= 0.6 is 0 Å². The molecule has 106 valence electrons. The van der Waals surface area contributed by atoms with E-state index in [0.29, 0.717) is 0 Å². The quantitative estimate of drug-likeness (QED) is 0.780. The molecular formula is C16H21NO2Si. The highest BCUT2D eigenvalue weighted by Crippen LogP contribution is 2.12. The molecule has 0 saturated heterocycles. The Morgan fingerprint density at radius 2 is 1.25 bits per heavy atom. The molecule has 0 aromatic heterocycles. The number of nitrogens with zero attached hydrogens (tertiary/aromatic N) is 1. The van der Waals surface area contributed by atoms with E-state index in [9.17, 15) is 0 Å². The summed E-state index contributed by atoms with van der Waals surface area (Å²) in [7, 11) is 4.94. The van der Waals surface area contributed by atoms with Crippen LogP contribution < -0.4 is 15.3 Å². The molecule has 0 fully saturated rings. The van der Waals surface area contributed by atoms with Gasteiger partial charge in [0.1, 0.15) is 0 Å². The summed E-state index contributed by atoms with van der Waals surface area (Å²) in [5, 5.41) is 2.22. The van der Waals surface area contributed by atoms with Crippen molar-refractivity contribution >= 4 is 24.6 Å². The van der Waals surface area contributed by atoms with Gasteiger partial charge in [0.2, 0.25) is 0 Å². The van der Waals surface area contributed by atoms with Crippen LogP contribution in [0.25, 0.3) is 0 Å². The molecule has 0 amide bonds. The predicted molar refractivity (Wildman–Crippen MR) is 86.3 cm³/mol. The Balaban J connectivity index is 2.48. The average Bonchev–Trinajstić information content (AvgIpc) is 2.51. The molecule has 3 nitrogen and oxygen atoms in total. The number of hydrogen-bond acceptors (Lipinski definition) is 3. The maximum absolute atomic E-state index is 5.86. The molecule has 0 aliphatic carbocycles. The zero-order chi connectivity index (χ0) is 14.6. The number of benzene rings is 2. The Kier molecular flexibility index (Phi) is 4.59. The fourth-order valence-corrected chi connectivity index (χ4v) is 5.04. The van der Waals surface area contributed by atoms with Gasteiger partial charge < -0.3 is 13.8 Å². The first-order chi connectivity index (χ1) is 9.64. The third kappa shape index (κ3) is 2.63. The first kappa shape index (κ1) is 14.8. The van der Waals surface area contributed by atoms with Crippen molar-refractivity contribution in [2.45, 2.75) is 0 Å². The Morgan fingerprint density at radius 1 is 0.750 bits per heavy atom. The van der Waals surface area contributed by atoms with Crippen molar-refractivity contribution < 1.29 is 8.85 Å². The molecular weight excluding hydrogens is 266 g/mol. The van der Waals surface area contributed by atoms with Crippen molar-refractivity contribution in [3.05, 3.63) is 54.6 Å². The molecule has 0 saturated carbocycles. The van der Waals surface area contributed by atoms with Crippen LogP contribution in [-0.2, 0) is 8.85 Å². The Hall–Kier alpha value is -1.62. The van der Waals surface area contributed by atoms with Crippen LogP contribution in [0.3, 0.4) is 0 Å². The van der Waals surface area contributed by atoms with Crippen molar-refractivity contribution in [1.29, 1.82) is 0 Å². The van der Waals surface area contributed by atoms with Crippen LogP contribution in [0.5, 0.6) is 0 Å². The molecule has 0 unspecified atom stereocenters. The van der Waals surface area contributed by atoms with Crippen LogP contribution in [0.4, 0.5) is 5.69 Å². The summed E-state index contributed by atoms with van der Waals surface area (Å²) in [6, 6.07) is 18.6. The Morgan fingerprint density at radius 3 is 1.70 bits per heavy atom. The minimum atomic E-state index is -2.57. The number of hydrogen-bond donors (Lipinski definition) is 0. The van der Waals surface area contributed by atoms with E-state index in [2.05, 4.69) is 41.3 Å². The van der Waals surface area contributed by atoms with Crippen molar-refractivity contribution in [3.63, 3.8) is 0 Å². The van der Waals surface area contributed by atoms with Crippen LogP contribution in [0.2, 0.25) is 0 Å². The van der Waals surface area contributed by atoms with Gasteiger partial charge in [0.25, 0.3) is 0 Å². The normalized spacial score (nSPS) is 11.4. The Labute approximate surface area is 122 Å². The van der Waals surface area contributed by atoms with Crippen LogP contribution in [0.15, 0.2) is 54.6 Å². The van der Waals surface area contributed by atoms with E-state index in [4.69, 9.17) is 8.85 Å². The minimum Gasteiger partial charge on any atom is -0.391 e. The molecule has 0 aliphatic rings. The summed E-state index contributed by atoms with van der Waals surface area (Å²) in [6.07, 6.45) is 0. The SMILES string of the molecule is CO[Si](OC)(c1ccccc1)c1ccc(N(C)C)cc1. The van der Waals surface area contributed by atoms with E-state index in [1.807, 2.05) is 32.3 Å². The van der Waals surface area contributed by atoms with Gasteiger partial charge >= 0.3 is 8.56 Å². The van der Waals surface area contributed by atoms with Crippen molar-refractivity contribution in [1.82, 2.24) is 0 Å². The van der Waals surface area contributed by atoms with E-state index in [-0.39, 0.29) is 0 Å². The summed E-state index contributed by atoms with van der Waals surface area (Å²) in [6.45, 7) is 0. The second-order valence-corrected chi connectivity index (χ2v) is 8.04. The second kappa shape index (κ2) is 6.22. The molecule has 20 heavy (non-hydrogen) atoms. The molecule has 2 aromatic rings. The number of anilines is 1. The van der Waals surface area contributed by atoms with Crippen molar-refractivity contribution in [2.75, 3.05) is 33.2 Å². The minimum absolute atomic E-state index is 1.11. The molecule has 4 heteroatoms. The lowest BCUT2D eigenvalue weighted by atomic mass is 10.3. The summed E-state index contributed by atoms with van der Waals surface area (Å²) in [4.78, 5) is 2.08. The molecule has 2 rings (SSSR count). The Bertz CT molecular complexity index is 536. The van der Waals surface area contributed by atoms with Gasteiger partial charge in [-0.25, -0.2) is 0 Å². The van der Waals surface area contributed by atoms with E-state index >= 15 is 0 Å². The zero-order valence-corrected chi connectivity index (χ0v) is 13.5.